The Morgan fingerprint density at radius 2 is 2.11 bits per heavy atom. The van der Waals surface area contributed by atoms with Gasteiger partial charge in [-0.25, -0.2) is 0 Å². The van der Waals surface area contributed by atoms with Crippen molar-refractivity contribution in [3.05, 3.63) is 0 Å². The van der Waals surface area contributed by atoms with E-state index in [2.05, 4.69) is 13.8 Å². The van der Waals surface area contributed by atoms with Gasteiger partial charge in [-0.3, -0.25) is 0 Å². The molecule has 0 heterocycles. The average Bonchev–Trinajstić information content (AvgIpc) is 1.79. The minimum atomic E-state index is 0.487. The van der Waals surface area contributed by atoms with Crippen molar-refractivity contribution in [2.24, 2.45) is 17.6 Å². The summed E-state index contributed by atoms with van der Waals surface area (Å²) in [4.78, 5) is 0. The van der Waals surface area contributed by atoms with Crippen LogP contribution in [0.4, 0.5) is 0 Å². The molecule has 0 amide bonds. The minimum absolute atomic E-state index is 0.487. The van der Waals surface area contributed by atoms with Crippen LogP contribution in [-0.4, -0.2) is 6.04 Å². The van der Waals surface area contributed by atoms with Crippen molar-refractivity contribution in [3.63, 3.8) is 0 Å². The van der Waals surface area contributed by atoms with Crippen LogP contribution in [0, 0.1) is 11.8 Å². The lowest BCUT2D eigenvalue weighted by Crippen LogP contribution is -2.37. The molecule has 0 aliphatic heterocycles. The van der Waals surface area contributed by atoms with E-state index in [9.17, 15) is 0 Å². The van der Waals surface area contributed by atoms with Gasteiger partial charge in [-0.1, -0.05) is 13.8 Å². The first-order chi connectivity index (χ1) is 4.24. The van der Waals surface area contributed by atoms with E-state index < -0.39 is 0 Å². The van der Waals surface area contributed by atoms with E-state index in [1.54, 1.807) is 0 Å². The molecule has 0 unspecified atom stereocenters. The summed E-state index contributed by atoms with van der Waals surface area (Å²) in [6, 6.07) is 0.487. The van der Waals surface area contributed by atoms with E-state index in [1.165, 1.54) is 12.8 Å². The molecular weight excluding hydrogens is 110 g/mol. The highest BCUT2D eigenvalue weighted by Crippen LogP contribution is 2.35. The van der Waals surface area contributed by atoms with Crippen LogP contribution < -0.4 is 5.73 Å². The van der Waals surface area contributed by atoms with Crippen molar-refractivity contribution >= 4 is 0 Å². The van der Waals surface area contributed by atoms with E-state index in [4.69, 9.17) is 5.73 Å². The topological polar surface area (TPSA) is 26.0 Å². The molecule has 1 rings (SSSR count). The molecule has 0 aromatic carbocycles. The second kappa shape index (κ2) is 2.70. The molecule has 2 N–H and O–H groups in total. The van der Waals surface area contributed by atoms with Gasteiger partial charge in [-0.2, -0.15) is 0 Å². The Morgan fingerprint density at radius 3 is 2.44 bits per heavy atom. The van der Waals surface area contributed by atoms with Gasteiger partial charge in [-0.05, 0) is 31.1 Å². The van der Waals surface area contributed by atoms with Gasteiger partial charge in [0.25, 0.3) is 0 Å². The van der Waals surface area contributed by atoms with Gasteiger partial charge in [0.15, 0.2) is 0 Å². The largest absolute Gasteiger partial charge is 0.327 e. The zero-order chi connectivity index (χ0) is 6.85. The van der Waals surface area contributed by atoms with Crippen LogP contribution in [0.25, 0.3) is 0 Å². The third-order valence-electron chi connectivity index (χ3n) is 2.49. The van der Waals surface area contributed by atoms with E-state index in [0.717, 1.165) is 18.3 Å². The highest BCUT2D eigenvalue weighted by atomic mass is 14.7. The quantitative estimate of drug-likeness (QED) is 0.601. The van der Waals surface area contributed by atoms with Gasteiger partial charge in [0.05, 0.1) is 0 Å². The summed E-state index contributed by atoms with van der Waals surface area (Å²) in [6.45, 7) is 4.48. The summed E-state index contributed by atoms with van der Waals surface area (Å²) in [6.07, 6.45) is 3.89. The fourth-order valence-corrected chi connectivity index (χ4v) is 1.65. The zero-order valence-corrected chi connectivity index (χ0v) is 6.43. The van der Waals surface area contributed by atoms with Gasteiger partial charge in [0.2, 0.25) is 0 Å². The Hall–Kier alpha value is -0.0400. The standard InChI is InChI=1S/C8H17N/c1-3-8(9)7-4-6(2)5-7/h6-8H,3-5,9H2,1-2H3/t6?,7?,8-/m1/s1. The second-order valence-corrected chi connectivity index (χ2v) is 3.41. The predicted molar refractivity (Wildman–Crippen MR) is 40.2 cm³/mol. The van der Waals surface area contributed by atoms with E-state index in [1.807, 2.05) is 0 Å². The van der Waals surface area contributed by atoms with Crippen molar-refractivity contribution in [2.75, 3.05) is 0 Å². The molecule has 0 aromatic heterocycles. The summed E-state index contributed by atoms with van der Waals surface area (Å²) in [5.74, 6) is 1.80. The van der Waals surface area contributed by atoms with Crippen LogP contribution in [0.5, 0.6) is 0 Å². The molecule has 0 bridgehead atoms. The van der Waals surface area contributed by atoms with Crippen LogP contribution in [-0.2, 0) is 0 Å². The van der Waals surface area contributed by atoms with Gasteiger partial charge in [-0.15, -0.1) is 0 Å². The van der Waals surface area contributed by atoms with Crippen molar-refractivity contribution in [1.29, 1.82) is 0 Å². The lowest BCUT2D eigenvalue weighted by molar-refractivity contribution is 0.174. The molecule has 54 valence electrons. The van der Waals surface area contributed by atoms with Crippen LogP contribution >= 0.6 is 0 Å². The molecule has 0 radical (unpaired) electrons. The Kier molecular flexibility index (Phi) is 2.12. The van der Waals surface area contributed by atoms with Crippen LogP contribution in [0.1, 0.15) is 33.1 Å². The molecule has 1 nitrogen and oxygen atoms in total. The molecule has 9 heavy (non-hydrogen) atoms. The van der Waals surface area contributed by atoms with Gasteiger partial charge in [0.1, 0.15) is 0 Å². The molecule has 1 aliphatic carbocycles. The first kappa shape index (κ1) is 7.07. The molecule has 1 heteroatoms. The summed E-state index contributed by atoms with van der Waals surface area (Å²) in [7, 11) is 0. The van der Waals surface area contributed by atoms with E-state index >= 15 is 0 Å². The molecule has 1 atom stereocenters. The molecule has 0 saturated heterocycles. The Morgan fingerprint density at radius 1 is 1.56 bits per heavy atom. The normalized spacial score (nSPS) is 37.7. The zero-order valence-electron chi connectivity index (χ0n) is 6.43. The van der Waals surface area contributed by atoms with Crippen molar-refractivity contribution < 1.29 is 0 Å². The van der Waals surface area contributed by atoms with Gasteiger partial charge >= 0.3 is 0 Å². The SMILES string of the molecule is CC[C@@H](N)C1CC(C)C1. The number of rotatable bonds is 2. The summed E-state index contributed by atoms with van der Waals surface area (Å²) < 4.78 is 0. The van der Waals surface area contributed by atoms with Crippen LogP contribution in [0.15, 0.2) is 0 Å². The monoisotopic (exact) mass is 127 g/mol. The van der Waals surface area contributed by atoms with Crippen molar-refractivity contribution in [3.8, 4) is 0 Å². The van der Waals surface area contributed by atoms with Crippen LogP contribution in [0.2, 0.25) is 0 Å². The van der Waals surface area contributed by atoms with Gasteiger partial charge < -0.3 is 5.73 Å². The van der Waals surface area contributed by atoms with Crippen molar-refractivity contribution in [1.82, 2.24) is 0 Å². The number of hydrogen-bond donors (Lipinski definition) is 1. The van der Waals surface area contributed by atoms with E-state index in [-0.39, 0.29) is 0 Å². The maximum absolute atomic E-state index is 5.84. The smallest absolute Gasteiger partial charge is 0.00647 e. The molecule has 0 spiro atoms. The highest BCUT2D eigenvalue weighted by Gasteiger charge is 2.28. The third-order valence-corrected chi connectivity index (χ3v) is 2.49. The minimum Gasteiger partial charge on any atom is -0.327 e. The lowest BCUT2D eigenvalue weighted by atomic mass is 9.72. The molecule has 1 fully saturated rings. The average molecular weight is 127 g/mol. The number of hydrogen-bond acceptors (Lipinski definition) is 1. The summed E-state index contributed by atoms with van der Waals surface area (Å²) >= 11 is 0. The third kappa shape index (κ3) is 1.45. The Bertz CT molecular complexity index is 84.6. The fourth-order valence-electron chi connectivity index (χ4n) is 1.65. The van der Waals surface area contributed by atoms with Crippen LogP contribution in [0.3, 0.4) is 0 Å². The lowest BCUT2D eigenvalue weighted by Gasteiger charge is -2.36. The highest BCUT2D eigenvalue weighted by molar-refractivity contribution is 4.83. The summed E-state index contributed by atoms with van der Waals surface area (Å²) in [5.41, 5.74) is 5.84. The molecule has 1 aliphatic rings. The van der Waals surface area contributed by atoms with Gasteiger partial charge in [0, 0.05) is 6.04 Å². The fraction of sp³-hybridized carbons (Fsp3) is 1.00. The molecular formula is C8H17N. The molecule has 0 aromatic rings. The second-order valence-electron chi connectivity index (χ2n) is 3.41. The first-order valence-electron chi connectivity index (χ1n) is 3.99. The number of nitrogens with two attached hydrogens (primary N) is 1. The predicted octanol–water partition coefficient (Wildman–Crippen LogP) is 1.77. The van der Waals surface area contributed by atoms with E-state index in [0.29, 0.717) is 6.04 Å². The first-order valence-corrected chi connectivity index (χ1v) is 3.99. The maximum atomic E-state index is 5.84. The summed E-state index contributed by atoms with van der Waals surface area (Å²) in [5, 5.41) is 0. The van der Waals surface area contributed by atoms with Crippen molar-refractivity contribution in [2.45, 2.75) is 39.2 Å². The Labute approximate surface area is 57.6 Å². The maximum Gasteiger partial charge on any atom is 0.00647 e. The molecule has 1 saturated carbocycles. The Balaban J connectivity index is 2.15.